The van der Waals surface area contributed by atoms with Crippen LogP contribution in [0.15, 0.2) is 0 Å². The van der Waals surface area contributed by atoms with E-state index in [9.17, 15) is 29.1 Å². The lowest BCUT2D eigenvalue weighted by molar-refractivity contribution is -0.145. The third-order valence-electron chi connectivity index (χ3n) is 3.43. The van der Waals surface area contributed by atoms with Crippen molar-refractivity contribution in [3.63, 3.8) is 0 Å². The van der Waals surface area contributed by atoms with E-state index in [-0.39, 0.29) is 5.75 Å². The van der Waals surface area contributed by atoms with Gasteiger partial charge in [-0.1, -0.05) is 0 Å². The molecule has 160 valence electrons. The van der Waals surface area contributed by atoms with Gasteiger partial charge < -0.3 is 42.7 Å². The van der Waals surface area contributed by atoms with Crippen molar-refractivity contribution in [2.75, 3.05) is 12.4 Å². The maximum absolute atomic E-state index is 12.3. The van der Waals surface area contributed by atoms with Gasteiger partial charge in [-0.25, -0.2) is 4.79 Å². The van der Waals surface area contributed by atoms with E-state index >= 15 is 0 Å². The molecule has 14 heteroatoms. The van der Waals surface area contributed by atoms with Gasteiger partial charge >= 0.3 is 5.97 Å². The van der Waals surface area contributed by atoms with Crippen LogP contribution in [-0.4, -0.2) is 87.5 Å². The van der Waals surface area contributed by atoms with Gasteiger partial charge in [0, 0.05) is 5.75 Å². The Morgan fingerprint density at radius 2 is 1.50 bits per heavy atom. The lowest BCUT2D eigenvalue weighted by atomic mass is 10.1. The topological polar surface area (TPSA) is 234 Å². The van der Waals surface area contributed by atoms with Crippen LogP contribution in [0.1, 0.15) is 13.3 Å². The molecule has 0 aromatic carbocycles. The molecule has 0 aromatic rings. The first-order valence-electron chi connectivity index (χ1n) is 8.02. The highest BCUT2D eigenvalue weighted by atomic mass is 32.1. The second kappa shape index (κ2) is 12.1. The number of carboxylic acids is 1. The van der Waals surface area contributed by atoms with E-state index in [4.69, 9.17) is 21.7 Å². The molecule has 5 atom stereocenters. The number of aliphatic hydroxyl groups is 2. The smallest absolute Gasteiger partial charge is 0.328 e. The Hall–Kier alpha value is -2.42. The van der Waals surface area contributed by atoms with Crippen molar-refractivity contribution in [2.24, 2.45) is 11.5 Å². The number of carbonyl (C=O) groups is 5. The molecule has 0 aliphatic carbocycles. The molecule has 0 aliphatic rings. The predicted molar refractivity (Wildman–Crippen MR) is 97.8 cm³/mol. The Morgan fingerprint density at radius 1 is 1.00 bits per heavy atom. The van der Waals surface area contributed by atoms with E-state index < -0.39 is 72.9 Å². The molecule has 4 amide bonds. The standard InChI is InChI=1S/C14H25N5O8S/c1-5(21)10(14(26)27)19-12(24)7(2-9(16)22)17-13(25)8(4-28)18-11(23)6(15)3-20/h5-8,10,20-21,28H,2-4,15H2,1H3,(H2,16,22)(H,17,25)(H,18,23)(H,19,24)(H,26,27)/t5-,6+,7+,8+,10+/m1/s1. The largest absolute Gasteiger partial charge is 0.480 e. The molecule has 0 fully saturated rings. The van der Waals surface area contributed by atoms with Crippen molar-refractivity contribution >= 4 is 42.2 Å². The van der Waals surface area contributed by atoms with Crippen molar-refractivity contribution in [1.29, 1.82) is 0 Å². The minimum Gasteiger partial charge on any atom is -0.480 e. The number of hydrogen-bond acceptors (Lipinski definition) is 9. The molecular formula is C14H25N5O8S. The SMILES string of the molecule is C[C@@H](O)[C@H](NC(=O)[C@H](CC(N)=O)NC(=O)[C@H](CS)NC(=O)[C@@H](N)CO)C(=O)O. The van der Waals surface area contributed by atoms with Crippen LogP contribution in [0.3, 0.4) is 0 Å². The average molecular weight is 423 g/mol. The molecule has 0 radical (unpaired) electrons. The quantitative estimate of drug-likeness (QED) is 0.136. The van der Waals surface area contributed by atoms with E-state index in [0.717, 1.165) is 6.92 Å². The molecule has 0 spiro atoms. The van der Waals surface area contributed by atoms with Gasteiger partial charge in [-0.2, -0.15) is 12.6 Å². The summed E-state index contributed by atoms with van der Waals surface area (Å²) in [5.74, 6) is -5.60. The van der Waals surface area contributed by atoms with Gasteiger partial charge in [-0.05, 0) is 6.92 Å². The molecule has 10 N–H and O–H groups in total. The Labute approximate surface area is 165 Å². The minimum atomic E-state index is -1.69. The predicted octanol–water partition coefficient (Wildman–Crippen LogP) is -4.97. The second-order valence-electron chi connectivity index (χ2n) is 5.83. The van der Waals surface area contributed by atoms with E-state index in [1.165, 1.54) is 0 Å². The Bertz CT molecular complexity index is 602. The van der Waals surface area contributed by atoms with Crippen LogP contribution in [0, 0.1) is 0 Å². The van der Waals surface area contributed by atoms with Crippen LogP contribution in [0.25, 0.3) is 0 Å². The molecule has 28 heavy (non-hydrogen) atoms. The van der Waals surface area contributed by atoms with Gasteiger partial charge in [-0.15, -0.1) is 0 Å². The van der Waals surface area contributed by atoms with E-state index in [2.05, 4.69) is 23.3 Å². The first-order chi connectivity index (χ1) is 12.9. The maximum Gasteiger partial charge on any atom is 0.328 e. The number of nitrogens with two attached hydrogens (primary N) is 2. The summed E-state index contributed by atoms with van der Waals surface area (Å²) in [4.78, 5) is 58.5. The van der Waals surface area contributed by atoms with E-state index in [0.29, 0.717) is 0 Å². The first kappa shape index (κ1) is 25.6. The van der Waals surface area contributed by atoms with Crippen molar-refractivity contribution < 1.29 is 39.3 Å². The summed E-state index contributed by atoms with van der Waals surface area (Å²) in [5.41, 5.74) is 10.4. The van der Waals surface area contributed by atoms with Crippen LogP contribution >= 0.6 is 12.6 Å². The first-order valence-corrected chi connectivity index (χ1v) is 8.65. The number of nitrogens with one attached hydrogen (secondary N) is 3. The fourth-order valence-corrected chi connectivity index (χ4v) is 2.14. The number of carbonyl (C=O) groups excluding carboxylic acids is 4. The molecule has 0 aromatic heterocycles. The summed E-state index contributed by atoms with van der Waals surface area (Å²) in [6, 6.07) is -5.83. The summed E-state index contributed by atoms with van der Waals surface area (Å²) < 4.78 is 0. The van der Waals surface area contributed by atoms with Crippen molar-refractivity contribution in [3.05, 3.63) is 0 Å². The summed E-state index contributed by atoms with van der Waals surface area (Å²) in [6.07, 6.45) is -2.14. The number of aliphatic hydroxyl groups excluding tert-OH is 2. The molecule has 0 aliphatic heterocycles. The lowest BCUT2D eigenvalue weighted by Crippen LogP contribution is -2.59. The molecule has 13 nitrogen and oxygen atoms in total. The highest BCUT2D eigenvalue weighted by Gasteiger charge is 2.32. The molecule has 0 saturated carbocycles. The highest BCUT2D eigenvalue weighted by molar-refractivity contribution is 7.80. The van der Waals surface area contributed by atoms with Crippen LogP contribution in [0.4, 0.5) is 0 Å². The van der Waals surface area contributed by atoms with Gasteiger partial charge in [0.25, 0.3) is 0 Å². The summed E-state index contributed by atoms with van der Waals surface area (Å²) in [5, 5.41) is 33.6. The molecular weight excluding hydrogens is 398 g/mol. The number of primary amides is 1. The van der Waals surface area contributed by atoms with Gasteiger partial charge in [0.2, 0.25) is 23.6 Å². The fourth-order valence-electron chi connectivity index (χ4n) is 1.88. The van der Waals surface area contributed by atoms with E-state index in [1.807, 2.05) is 5.32 Å². The molecule has 0 unspecified atom stereocenters. The normalized spacial score (nSPS) is 16.0. The molecule has 0 bridgehead atoms. The molecule has 0 saturated heterocycles. The number of hydrogen-bond donors (Lipinski definition) is 9. The van der Waals surface area contributed by atoms with Gasteiger partial charge in [0.05, 0.1) is 19.1 Å². The van der Waals surface area contributed by atoms with Crippen LogP contribution < -0.4 is 27.4 Å². The van der Waals surface area contributed by atoms with Crippen LogP contribution in [0.5, 0.6) is 0 Å². The van der Waals surface area contributed by atoms with E-state index in [1.54, 1.807) is 0 Å². The average Bonchev–Trinajstić information content (AvgIpc) is 2.61. The Balaban J connectivity index is 5.26. The summed E-state index contributed by atoms with van der Waals surface area (Å²) >= 11 is 3.90. The van der Waals surface area contributed by atoms with Gasteiger partial charge in [0.1, 0.15) is 18.1 Å². The van der Waals surface area contributed by atoms with Crippen molar-refractivity contribution in [3.8, 4) is 0 Å². The minimum absolute atomic E-state index is 0.216. The van der Waals surface area contributed by atoms with Crippen molar-refractivity contribution in [1.82, 2.24) is 16.0 Å². The number of rotatable bonds is 12. The highest BCUT2D eigenvalue weighted by Crippen LogP contribution is 2.00. The zero-order chi connectivity index (χ0) is 22.0. The Kier molecular flexibility index (Phi) is 11.1. The van der Waals surface area contributed by atoms with Gasteiger partial charge in [-0.3, -0.25) is 19.2 Å². The lowest BCUT2D eigenvalue weighted by Gasteiger charge is -2.24. The maximum atomic E-state index is 12.3. The monoisotopic (exact) mass is 423 g/mol. The second-order valence-corrected chi connectivity index (χ2v) is 6.19. The third kappa shape index (κ3) is 8.51. The number of aliphatic carboxylic acids is 1. The van der Waals surface area contributed by atoms with Gasteiger partial charge in [0.15, 0.2) is 6.04 Å². The molecule has 0 heterocycles. The van der Waals surface area contributed by atoms with Crippen LogP contribution in [0.2, 0.25) is 0 Å². The number of carboxylic acid groups (broad SMARTS) is 1. The molecule has 0 rings (SSSR count). The summed E-state index contributed by atoms with van der Waals surface area (Å²) in [6.45, 7) is 0.451. The van der Waals surface area contributed by atoms with Crippen molar-refractivity contribution in [2.45, 2.75) is 43.6 Å². The summed E-state index contributed by atoms with van der Waals surface area (Å²) in [7, 11) is 0. The zero-order valence-electron chi connectivity index (χ0n) is 15.0. The zero-order valence-corrected chi connectivity index (χ0v) is 15.9. The Morgan fingerprint density at radius 3 is 1.89 bits per heavy atom. The third-order valence-corrected chi connectivity index (χ3v) is 3.80. The number of thiol groups is 1. The fraction of sp³-hybridized carbons (Fsp3) is 0.643. The van der Waals surface area contributed by atoms with Crippen LogP contribution in [-0.2, 0) is 24.0 Å². The number of amides is 4.